The molecule has 0 atom stereocenters. The highest BCUT2D eigenvalue weighted by Gasteiger charge is 2.03. The van der Waals surface area contributed by atoms with E-state index in [-0.39, 0.29) is 0 Å². The molecule has 0 aliphatic carbocycles. The van der Waals surface area contributed by atoms with E-state index in [0.717, 1.165) is 22.4 Å². The van der Waals surface area contributed by atoms with Gasteiger partial charge < -0.3 is 9.40 Å². The Kier molecular flexibility index (Phi) is 1.68. The SMILES string of the molecule is Cc1coc(-c2ccc3[nH]ccc3c2)c1. The van der Waals surface area contributed by atoms with Gasteiger partial charge >= 0.3 is 0 Å². The molecule has 0 saturated heterocycles. The van der Waals surface area contributed by atoms with Gasteiger partial charge in [-0.05, 0) is 42.8 Å². The molecule has 2 nitrogen and oxygen atoms in total. The molecule has 0 saturated carbocycles. The first kappa shape index (κ1) is 8.36. The summed E-state index contributed by atoms with van der Waals surface area (Å²) in [5.41, 5.74) is 3.43. The number of rotatable bonds is 1. The summed E-state index contributed by atoms with van der Waals surface area (Å²) in [6.45, 7) is 2.03. The summed E-state index contributed by atoms with van der Waals surface area (Å²) in [5, 5.41) is 1.21. The van der Waals surface area contributed by atoms with Crippen molar-refractivity contribution in [3.05, 3.63) is 48.4 Å². The largest absolute Gasteiger partial charge is 0.464 e. The number of furan rings is 1. The van der Waals surface area contributed by atoms with Crippen LogP contribution in [0.4, 0.5) is 0 Å². The van der Waals surface area contributed by atoms with E-state index in [0.29, 0.717) is 0 Å². The van der Waals surface area contributed by atoms with Gasteiger partial charge in [-0.2, -0.15) is 0 Å². The molecule has 0 spiro atoms. The van der Waals surface area contributed by atoms with Gasteiger partial charge in [0.2, 0.25) is 0 Å². The predicted octanol–water partition coefficient (Wildman–Crippen LogP) is 3.74. The summed E-state index contributed by atoms with van der Waals surface area (Å²) in [4.78, 5) is 3.17. The molecule has 0 bridgehead atoms. The number of fused-ring (bicyclic) bond motifs is 1. The lowest BCUT2D eigenvalue weighted by atomic mass is 10.1. The van der Waals surface area contributed by atoms with E-state index in [9.17, 15) is 0 Å². The van der Waals surface area contributed by atoms with Crippen LogP contribution in [0.15, 0.2) is 47.2 Å². The molecule has 1 N–H and O–H groups in total. The monoisotopic (exact) mass is 197 g/mol. The Bertz CT molecular complexity index is 604. The Morgan fingerprint density at radius 1 is 1.13 bits per heavy atom. The van der Waals surface area contributed by atoms with Gasteiger partial charge in [0, 0.05) is 22.7 Å². The van der Waals surface area contributed by atoms with Crippen LogP contribution in [0.5, 0.6) is 0 Å². The minimum absolute atomic E-state index is 0.926. The van der Waals surface area contributed by atoms with Crippen molar-refractivity contribution in [1.82, 2.24) is 4.98 Å². The molecule has 1 aromatic carbocycles. The lowest BCUT2D eigenvalue weighted by Gasteiger charge is -1.96. The van der Waals surface area contributed by atoms with Crippen molar-refractivity contribution in [2.45, 2.75) is 6.92 Å². The first-order valence-electron chi connectivity index (χ1n) is 4.95. The average molecular weight is 197 g/mol. The number of aryl methyl sites for hydroxylation is 1. The highest BCUT2D eigenvalue weighted by Crippen LogP contribution is 2.25. The minimum Gasteiger partial charge on any atom is -0.464 e. The number of H-pyrrole nitrogens is 1. The molecular formula is C13H11NO. The number of aromatic nitrogens is 1. The molecule has 2 aromatic heterocycles. The van der Waals surface area contributed by atoms with E-state index in [4.69, 9.17) is 4.42 Å². The van der Waals surface area contributed by atoms with Gasteiger partial charge in [0.25, 0.3) is 0 Å². The third-order valence-electron chi connectivity index (χ3n) is 2.57. The van der Waals surface area contributed by atoms with Crippen molar-refractivity contribution >= 4 is 10.9 Å². The van der Waals surface area contributed by atoms with Crippen LogP contribution in [-0.2, 0) is 0 Å². The van der Waals surface area contributed by atoms with E-state index in [1.807, 2.05) is 19.2 Å². The van der Waals surface area contributed by atoms with Crippen LogP contribution < -0.4 is 0 Å². The molecule has 74 valence electrons. The maximum Gasteiger partial charge on any atom is 0.134 e. The van der Waals surface area contributed by atoms with Gasteiger partial charge in [-0.25, -0.2) is 0 Å². The zero-order valence-electron chi connectivity index (χ0n) is 8.45. The predicted molar refractivity (Wildman–Crippen MR) is 60.7 cm³/mol. The van der Waals surface area contributed by atoms with Crippen LogP contribution in [0.1, 0.15) is 5.56 Å². The van der Waals surface area contributed by atoms with Gasteiger partial charge in [-0.3, -0.25) is 0 Å². The van der Waals surface area contributed by atoms with Crippen LogP contribution in [0, 0.1) is 6.92 Å². The molecule has 0 amide bonds. The second kappa shape index (κ2) is 3.02. The van der Waals surface area contributed by atoms with Crippen LogP contribution in [-0.4, -0.2) is 4.98 Å². The van der Waals surface area contributed by atoms with E-state index in [2.05, 4.69) is 29.2 Å². The van der Waals surface area contributed by atoms with Crippen LogP contribution in [0.3, 0.4) is 0 Å². The fraction of sp³-hybridized carbons (Fsp3) is 0.0769. The second-order valence-corrected chi connectivity index (χ2v) is 3.77. The quantitative estimate of drug-likeness (QED) is 0.632. The van der Waals surface area contributed by atoms with Gasteiger partial charge in [0.15, 0.2) is 0 Å². The summed E-state index contributed by atoms with van der Waals surface area (Å²) in [7, 11) is 0. The zero-order chi connectivity index (χ0) is 10.3. The number of hydrogen-bond acceptors (Lipinski definition) is 1. The second-order valence-electron chi connectivity index (χ2n) is 3.77. The summed E-state index contributed by atoms with van der Waals surface area (Å²) in [6.07, 6.45) is 3.72. The summed E-state index contributed by atoms with van der Waals surface area (Å²) < 4.78 is 5.47. The fourth-order valence-corrected chi connectivity index (χ4v) is 1.79. The lowest BCUT2D eigenvalue weighted by molar-refractivity contribution is 0.580. The Balaban J connectivity index is 2.18. The molecular weight excluding hydrogens is 186 g/mol. The van der Waals surface area contributed by atoms with Crippen LogP contribution in [0.2, 0.25) is 0 Å². The van der Waals surface area contributed by atoms with E-state index < -0.39 is 0 Å². The smallest absolute Gasteiger partial charge is 0.134 e. The first-order valence-corrected chi connectivity index (χ1v) is 4.95. The molecule has 3 aromatic rings. The number of hydrogen-bond donors (Lipinski definition) is 1. The van der Waals surface area contributed by atoms with Gasteiger partial charge in [0.05, 0.1) is 6.26 Å². The van der Waals surface area contributed by atoms with Crippen molar-refractivity contribution in [3.8, 4) is 11.3 Å². The van der Waals surface area contributed by atoms with Crippen molar-refractivity contribution in [2.24, 2.45) is 0 Å². The molecule has 3 rings (SSSR count). The first-order chi connectivity index (χ1) is 7.33. The van der Waals surface area contributed by atoms with E-state index in [1.54, 1.807) is 6.26 Å². The van der Waals surface area contributed by atoms with Gasteiger partial charge in [-0.15, -0.1) is 0 Å². The van der Waals surface area contributed by atoms with Gasteiger partial charge in [-0.1, -0.05) is 0 Å². The fourth-order valence-electron chi connectivity index (χ4n) is 1.79. The highest BCUT2D eigenvalue weighted by atomic mass is 16.3. The molecule has 15 heavy (non-hydrogen) atoms. The summed E-state index contributed by atoms with van der Waals surface area (Å²) >= 11 is 0. The maximum atomic E-state index is 5.47. The van der Waals surface area contributed by atoms with Crippen molar-refractivity contribution in [2.75, 3.05) is 0 Å². The van der Waals surface area contributed by atoms with Crippen molar-refractivity contribution in [1.29, 1.82) is 0 Å². The number of aromatic amines is 1. The number of nitrogens with one attached hydrogen (secondary N) is 1. The number of benzene rings is 1. The normalized spacial score (nSPS) is 11.0. The lowest BCUT2D eigenvalue weighted by Crippen LogP contribution is -1.73. The Morgan fingerprint density at radius 2 is 2.07 bits per heavy atom. The Morgan fingerprint density at radius 3 is 2.87 bits per heavy atom. The molecule has 0 fully saturated rings. The molecule has 0 aliphatic rings. The van der Waals surface area contributed by atoms with Crippen molar-refractivity contribution < 1.29 is 4.42 Å². The third-order valence-corrected chi connectivity index (χ3v) is 2.57. The molecule has 2 heteroatoms. The summed E-state index contributed by atoms with van der Waals surface area (Å²) in [6, 6.07) is 10.4. The van der Waals surface area contributed by atoms with Crippen LogP contribution in [0.25, 0.3) is 22.2 Å². The van der Waals surface area contributed by atoms with Gasteiger partial charge in [0.1, 0.15) is 5.76 Å². The van der Waals surface area contributed by atoms with E-state index in [1.165, 1.54) is 5.39 Å². The maximum absolute atomic E-state index is 5.47. The molecule has 0 radical (unpaired) electrons. The zero-order valence-corrected chi connectivity index (χ0v) is 8.45. The van der Waals surface area contributed by atoms with E-state index >= 15 is 0 Å². The van der Waals surface area contributed by atoms with Crippen molar-refractivity contribution in [3.63, 3.8) is 0 Å². The molecule has 0 aliphatic heterocycles. The third kappa shape index (κ3) is 1.34. The summed E-state index contributed by atoms with van der Waals surface area (Å²) in [5.74, 6) is 0.926. The Hall–Kier alpha value is -1.96. The standard InChI is InChI=1S/C13H11NO/c1-9-6-13(15-8-9)11-2-3-12-10(7-11)4-5-14-12/h2-8,14H,1H3. The average Bonchev–Trinajstić information content (AvgIpc) is 2.84. The van der Waals surface area contributed by atoms with Crippen LogP contribution >= 0.6 is 0 Å². The highest BCUT2D eigenvalue weighted by molar-refractivity contribution is 5.84. The molecule has 0 unspecified atom stereocenters. The Labute approximate surface area is 87.5 Å². The minimum atomic E-state index is 0.926. The topological polar surface area (TPSA) is 28.9 Å². The molecule has 2 heterocycles.